The second kappa shape index (κ2) is 4.94. The highest BCUT2D eigenvalue weighted by atomic mass is 35.5. The Balaban J connectivity index is 2.06. The van der Waals surface area contributed by atoms with Crippen molar-refractivity contribution in [2.24, 2.45) is 0 Å². The molecular weight excluding hydrogens is 278 g/mol. The average Bonchev–Trinajstić information content (AvgIpc) is 2.84. The molecule has 0 saturated heterocycles. The van der Waals surface area contributed by atoms with Gasteiger partial charge in [0.1, 0.15) is 16.8 Å². The predicted octanol–water partition coefficient (Wildman–Crippen LogP) is 2.83. The summed E-state index contributed by atoms with van der Waals surface area (Å²) in [4.78, 5) is 11.8. The van der Waals surface area contributed by atoms with Gasteiger partial charge in [-0.2, -0.15) is 4.80 Å². The number of aromatic nitrogens is 3. The Kier molecular flexibility index (Phi) is 3.12. The fourth-order valence-electron chi connectivity index (χ4n) is 1.92. The molecule has 0 aliphatic carbocycles. The number of aryl methyl sites for hydroxylation is 1. The topological polar surface area (TPSA) is 57.0 Å². The van der Waals surface area contributed by atoms with E-state index >= 15 is 0 Å². The van der Waals surface area contributed by atoms with Crippen LogP contribution in [0.25, 0.3) is 16.7 Å². The maximum Gasteiger partial charge on any atom is 0.423 e. The summed E-state index contributed by atoms with van der Waals surface area (Å²) in [5.74, 6) is 0.462. The quantitative estimate of drug-likeness (QED) is 0.743. The van der Waals surface area contributed by atoms with Crippen molar-refractivity contribution in [2.45, 2.75) is 6.92 Å². The van der Waals surface area contributed by atoms with E-state index in [-0.39, 0.29) is 0 Å². The van der Waals surface area contributed by atoms with E-state index in [1.165, 1.54) is 11.3 Å². The summed E-state index contributed by atoms with van der Waals surface area (Å²) in [6.07, 6.45) is 0. The van der Waals surface area contributed by atoms with Gasteiger partial charge in [0.25, 0.3) is 0 Å². The van der Waals surface area contributed by atoms with E-state index in [9.17, 15) is 4.79 Å². The fourth-order valence-corrected chi connectivity index (χ4v) is 2.09. The lowest BCUT2D eigenvalue weighted by Gasteiger charge is -2.04. The fraction of sp³-hybridized carbons (Fsp3) is 0.0714. The molecule has 0 aliphatic rings. The van der Waals surface area contributed by atoms with Gasteiger partial charge in [-0.05, 0) is 48.9 Å². The van der Waals surface area contributed by atoms with Crippen LogP contribution in [0.4, 0.5) is 0 Å². The molecule has 5 nitrogen and oxygen atoms in total. The number of halogens is 1. The molecule has 1 radical (unpaired) electrons. The van der Waals surface area contributed by atoms with Crippen molar-refractivity contribution in [2.75, 3.05) is 0 Å². The first-order valence-corrected chi connectivity index (χ1v) is 6.23. The lowest BCUT2D eigenvalue weighted by molar-refractivity contribution is 0.441. The highest BCUT2D eigenvalue weighted by Gasteiger charge is 2.07. The van der Waals surface area contributed by atoms with E-state index in [0.717, 1.165) is 22.3 Å². The maximum absolute atomic E-state index is 10.2. The van der Waals surface area contributed by atoms with E-state index in [2.05, 4.69) is 10.2 Å². The van der Waals surface area contributed by atoms with E-state index in [4.69, 9.17) is 16.3 Å². The van der Waals surface area contributed by atoms with Gasteiger partial charge in [-0.3, -0.25) is 0 Å². The van der Waals surface area contributed by atoms with Crippen molar-refractivity contribution in [3.8, 4) is 11.4 Å². The summed E-state index contributed by atoms with van der Waals surface area (Å²) in [5, 5.41) is 9.35. The second-order valence-corrected chi connectivity index (χ2v) is 4.69. The maximum atomic E-state index is 10.2. The molecule has 1 heterocycles. The van der Waals surface area contributed by atoms with Gasteiger partial charge in [-0.15, -0.1) is 10.2 Å². The predicted molar refractivity (Wildman–Crippen MR) is 74.9 cm³/mol. The Hall–Kier alpha value is -2.40. The summed E-state index contributed by atoms with van der Waals surface area (Å²) in [6.45, 7) is 3.24. The third kappa shape index (κ3) is 2.23. The first kappa shape index (κ1) is 12.6. The smallest absolute Gasteiger partial charge is 0.418 e. The van der Waals surface area contributed by atoms with Gasteiger partial charge in [0, 0.05) is 5.02 Å². The van der Waals surface area contributed by atoms with Crippen molar-refractivity contribution in [3.05, 3.63) is 47.0 Å². The summed E-state index contributed by atoms with van der Waals surface area (Å²) >= 11 is 5.92. The van der Waals surface area contributed by atoms with Gasteiger partial charge in [0.15, 0.2) is 0 Å². The average molecular weight is 287 g/mol. The van der Waals surface area contributed by atoms with Crippen molar-refractivity contribution in [1.82, 2.24) is 15.0 Å². The van der Waals surface area contributed by atoms with E-state index in [1.54, 1.807) is 24.3 Å². The molecule has 0 bridgehead atoms. The van der Waals surface area contributed by atoms with Gasteiger partial charge in [-0.25, -0.2) is 4.79 Å². The van der Waals surface area contributed by atoms with Crippen LogP contribution in [-0.2, 0) is 4.79 Å². The third-order valence-electron chi connectivity index (χ3n) is 2.88. The summed E-state index contributed by atoms with van der Waals surface area (Å²) < 4.78 is 4.73. The van der Waals surface area contributed by atoms with E-state index in [1.807, 2.05) is 19.1 Å². The van der Waals surface area contributed by atoms with Crippen LogP contribution in [0, 0.1) is 6.92 Å². The zero-order valence-corrected chi connectivity index (χ0v) is 11.3. The zero-order chi connectivity index (χ0) is 14.1. The largest absolute Gasteiger partial charge is 0.423 e. The summed E-state index contributed by atoms with van der Waals surface area (Å²) in [7, 11) is 0. The number of carbonyl (C=O) groups excluding carboxylic acids is 1. The van der Waals surface area contributed by atoms with Crippen molar-refractivity contribution >= 4 is 29.1 Å². The number of benzene rings is 2. The summed E-state index contributed by atoms with van der Waals surface area (Å²) in [5.41, 5.74) is 3.05. The zero-order valence-electron chi connectivity index (χ0n) is 10.5. The van der Waals surface area contributed by atoms with Gasteiger partial charge in [-0.1, -0.05) is 11.6 Å². The van der Waals surface area contributed by atoms with Crippen LogP contribution in [0.1, 0.15) is 5.56 Å². The van der Waals surface area contributed by atoms with E-state index in [0.29, 0.717) is 10.8 Å². The Labute approximate surface area is 119 Å². The Bertz CT molecular complexity index is 798. The standard InChI is InChI=1S/C14H9ClN3O2/c1-9-6-11(3-5-14(9)20-8-19)18-16-12-4-2-10(15)7-13(12)17-18/h2-7H,1H3. The van der Waals surface area contributed by atoms with Gasteiger partial charge in [0.05, 0.1) is 5.69 Å². The minimum atomic E-state index is 0.462. The number of hydrogen-bond donors (Lipinski definition) is 0. The lowest BCUT2D eigenvalue weighted by Crippen LogP contribution is -2.00. The number of hydrogen-bond acceptors (Lipinski definition) is 4. The Morgan fingerprint density at radius 1 is 1.15 bits per heavy atom. The molecule has 0 N–H and O–H groups in total. The number of ether oxygens (including phenoxy) is 1. The van der Waals surface area contributed by atoms with Gasteiger partial charge < -0.3 is 4.74 Å². The molecular formula is C14H9ClN3O2. The Morgan fingerprint density at radius 3 is 2.70 bits per heavy atom. The molecule has 0 atom stereocenters. The minimum Gasteiger partial charge on any atom is -0.418 e. The number of rotatable bonds is 3. The van der Waals surface area contributed by atoms with Crippen LogP contribution in [0.15, 0.2) is 36.4 Å². The second-order valence-electron chi connectivity index (χ2n) is 4.26. The van der Waals surface area contributed by atoms with Crippen molar-refractivity contribution in [3.63, 3.8) is 0 Å². The van der Waals surface area contributed by atoms with Crippen LogP contribution in [0.5, 0.6) is 5.75 Å². The molecule has 3 aromatic rings. The molecule has 99 valence electrons. The van der Waals surface area contributed by atoms with Crippen LogP contribution in [0.2, 0.25) is 5.02 Å². The monoisotopic (exact) mass is 286 g/mol. The molecule has 2 aromatic carbocycles. The van der Waals surface area contributed by atoms with Crippen molar-refractivity contribution in [1.29, 1.82) is 0 Å². The van der Waals surface area contributed by atoms with Crippen molar-refractivity contribution < 1.29 is 9.53 Å². The molecule has 0 fully saturated rings. The molecule has 6 heteroatoms. The number of nitrogens with zero attached hydrogens (tertiary/aromatic N) is 3. The molecule has 1 aromatic heterocycles. The lowest BCUT2D eigenvalue weighted by atomic mass is 10.2. The van der Waals surface area contributed by atoms with Crippen LogP contribution in [0.3, 0.4) is 0 Å². The molecule has 0 spiro atoms. The van der Waals surface area contributed by atoms with Gasteiger partial charge in [0.2, 0.25) is 0 Å². The molecule has 0 amide bonds. The normalized spacial score (nSPS) is 10.7. The SMILES string of the molecule is Cc1cc(-n2nc3ccc(Cl)cc3n2)ccc1O[C]=O. The van der Waals surface area contributed by atoms with Crippen LogP contribution >= 0.6 is 11.6 Å². The first-order chi connectivity index (χ1) is 9.67. The molecule has 3 rings (SSSR count). The number of fused-ring (bicyclic) bond motifs is 1. The Morgan fingerprint density at radius 2 is 1.95 bits per heavy atom. The van der Waals surface area contributed by atoms with Gasteiger partial charge >= 0.3 is 6.47 Å². The molecule has 0 unspecified atom stereocenters. The molecule has 20 heavy (non-hydrogen) atoms. The van der Waals surface area contributed by atoms with Crippen LogP contribution in [-0.4, -0.2) is 21.5 Å². The summed E-state index contributed by atoms with van der Waals surface area (Å²) in [6, 6.07) is 10.6. The first-order valence-electron chi connectivity index (χ1n) is 5.85. The minimum absolute atomic E-state index is 0.462. The van der Waals surface area contributed by atoms with Crippen LogP contribution < -0.4 is 4.74 Å². The highest BCUT2D eigenvalue weighted by molar-refractivity contribution is 6.31. The van der Waals surface area contributed by atoms with E-state index < -0.39 is 0 Å². The third-order valence-corrected chi connectivity index (χ3v) is 3.12. The highest BCUT2D eigenvalue weighted by Crippen LogP contribution is 2.22. The molecule has 0 saturated carbocycles. The molecule has 0 aliphatic heterocycles.